The Morgan fingerprint density at radius 2 is 1.95 bits per heavy atom. The number of hydrogen-bond donors (Lipinski definition) is 1. The maximum Gasteiger partial charge on any atom is 0.224 e. The standard InChI is InChI=1S/C16H24N2O3/c1-5-21-15-9-7-6-8-14(15)18(13(4)19)11-10-17-16(20)12(2)3/h6-9,12H,5,10-11H2,1-4H3,(H,17,20). The normalized spacial score (nSPS) is 10.3. The number of rotatable bonds is 7. The Balaban J connectivity index is 2.78. The number of nitrogens with zero attached hydrogens (tertiary/aromatic N) is 1. The molecule has 0 aliphatic heterocycles. The Morgan fingerprint density at radius 3 is 2.52 bits per heavy atom. The van der Waals surface area contributed by atoms with Gasteiger partial charge in [-0.2, -0.15) is 0 Å². The second kappa shape index (κ2) is 8.29. The van der Waals surface area contributed by atoms with Crippen LogP contribution in [0.1, 0.15) is 27.7 Å². The first-order valence-electron chi connectivity index (χ1n) is 7.25. The third-order valence-electron chi connectivity index (χ3n) is 3.00. The first-order chi connectivity index (χ1) is 9.97. The molecule has 2 amide bonds. The largest absolute Gasteiger partial charge is 0.492 e. The second-order valence-corrected chi connectivity index (χ2v) is 5.02. The topological polar surface area (TPSA) is 58.6 Å². The molecule has 0 fully saturated rings. The fourth-order valence-corrected chi connectivity index (χ4v) is 1.90. The highest BCUT2D eigenvalue weighted by Crippen LogP contribution is 2.27. The number of para-hydroxylation sites is 2. The van der Waals surface area contributed by atoms with Crippen LogP contribution in [0.25, 0.3) is 0 Å². The van der Waals surface area contributed by atoms with E-state index in [0.717, 1.165) is 5.69 Å². The molecule has 0 aromatic heterocycles. The van der Waals surface area contributed by atoms with Crippen molar-refractivity contribution in [2.24, 2.45) is 5.92 Å². The van der Waals surface area contributed by atoms with Crippen LogP contribution >= 0.6 is 0 Å². The average Bonchev–Trinajstić information content (AvgIpc) is 2.44. The molecule has 5 heteroatoms. The highest BCUT2D eigenvalue weighted by Gasteiger charge is 2.16. The van der Waals surface area contributed by atoms with Gasteiger partial charge in [0.25, 0.3) is 0 Å². The summed E-state index contributed by atoms with van der Waals surface area (Å²) < 4.78 is 5.55. The van der Waals surface area contributed by atoms with Crippen molar-refractivity contribution >= 4 is 17.5 Å². The highest BCUT2D eigenvalue weighted by molar-refractivity contribution is 5.93. The highest BCUT2D eigenvalue weighted by atomic mass is 16.5. The molecule has 0 heterocycles. The maximum absolute atomic E-state index is 11.9. The van der Waals surface area contributed by atoms with Crippen LogP contribution in [0.2, 0.25) is 0 Å². The Labute approximate surface area is 126 Å². The van der Waals surface area contributed by atoms with Crippen molar-refractivity contribution < 1.29 is 14.3 Å². The van der Waals surface area contributed by atoms with Crippen LogP contribution in [0.5, 0.6) is 5.75 Å². The number of amides is 2. The van der Waals surface area contributed by atoms with Crippen LogP contribution in [0.4, 0.5) is 5.69 Å². The zero-order chi connectivity index (χ0) is 15.8. The summed E-state index contributed by atoms with van der Waals surface area (Å²) in [5.74, 6) is 0.509. The Hall–Kier alpha value is -2.04. The van der Waals surface area contributed by atoms with Crippen molar-refractivity contribution in [1.82, 2.24) is 5.32 Å². The number of nitrogens with one attached hydrogen (secondary N) is 1. The molecule has 0 bridgehead atoms. The van der Waals surface area contributed by atoms with E-state index in [1.807, 2.05) is 45.0 Å². The quantitative estimate of drug-likeness (QED) is 0.838. The van der Waals surface area contributed by atoms with Crippen molar-refractivity contribution in [2.45, 2.75) is 27.7 Å². The molecular formula is C16H24N2O3. The number of carbonyl (C=O) groups excluding carboxylic acids is 2. The Bertz CT molecular complexity index is 486. The molecule has 1 aromatic carbocycles. The molecule has 1 rings (SSSR count). The SMILES string of the molecule is CCOc1ccccc1N(CCNC(=O)C(C)C)C(C)=O. The van der Waals surface area contributed by atoms with Gasteiger partial charge in [-0.3, -0.25) is 9.59 Å². The summed E-state index contributed by atoms with van der Waals surface area (Å²) in [7, 11) is 0. The molecule has 0 aliphatic carbocycles. The third-order valence-corrected chi connectivity index (χ3v) is 3.00. The van der Waals surface area contributed by atoms with Crippen molar-refractivity contribution in [1.29, 1.82) is 0 Å². The summed E-state index contributed by atoms with van der Waals surface area (Å²) in [5.41, 5.74) is 0.727. The molecule has 0 atom stereocenters. The molecule has 0 saturated heterocycles. The first-order valence-corrected chi connectivity index (χ1v) is 7.25. The molecule has 1 N–H and O–H groups in total. The van der Waals surface area contributed by atoms with Crippen molar-refractivity contribution in [2.75, 3.05) is 24.6 Å². The Morgan fingerprint density at radius 1 is 1.29 bits per heavy atom. The van der Waals surface area contributed by atoms with Gasteiger partial charge in [-0.05, 0) is 19.1 Å². The van der Waals surface area contributed by atoms with Gasteiger partial charge in [0.1, 0.15) is 5.75 Å². The van der Waals surface area contributed by atoms with Gasteiger partial charge in [0.05, 0.1) is 12.3 Å². The monoisotopic (exact) mass is 292 g/mol. The lowest BCUT2D eigenvalue weighted by Crippen LogP contribution is -2.39. The lowest BCUT2D eigenvalue weighted by molar-refractivity contribution is -0.124. The van der Waals surface area contributed by atoms with Gasteiger partial charge < -0.3 is 15.0 Å². The number of benzene rings is 1. The van der Waals surface area contributed by atoms with Crippen LogP contribution in [-0.4, -0.2) is 31.5 Å². The van der Waals surface area contributed by atoms with Gasteiger partial charge in [-0.1, -0.05) is 26.0 Å². The van der Waals surface area contributed by atoms with E-state index in [4.69, 9.17) is 4.74 Å². The van der Waals surface area contributed by atoms with Crippen LogP contribution in [0.3, 0.4) is 0 Å². The van der Waals surface area contributed by atoms with Crippen LogP contribution in [-0.2, 0) is 9.59 Å². The van der Waals surface area contributed by atoms with Crippen LogP contribution < -0.4 is 15.0 Å². The van der Waals surface area contributed by atoms with Gasteiger partial charge in [0, 0.05) is 25.9 Å². The smallest absolute Gasteiger partial charge is 0.224 e. The summed E-state index contributed by atoms with van der Waals surface area (Å²) in [6.45, 7) is 8.44. The van der Waals surface area contributed by atoms with Gasteiger partial charge in [-0.15, -0.1) is 0 Å². The lowest BCUT2D eigenvalue weighted by Gasteiger charge is -2.24. The van der Waals surface area contributed by atoms with E-state index in [2.05, 4.69) is 5.32 Å². The fraction of sp³-hybridized carbons (Fsp3) is 0.500. The predicted molar refractivity (Wildman–Crippen MR) is 83.5 cm³/mol. The van der Waals surface area contributed by atoms with Crippen molar-refractivity contribution in [3.8, 4) is 5.75 Å². The molecule has 21 heavy (non-hydrogen) atoms. The molecular weight excluding hydrogens is 268 g/mol. The van der Waals surface area contributed by atoms with Crippen molar-refractivity contribution in [3.05, 3.63) is 24.3 Å². The minimum atomic E-state index is -0.0825. The number of hydrogen-bond acceptors (Lipinski definition) is 3. The maximum atomic E-state index is 11.9. The van der Waals surface area contributed by atoms with Gasteiger partial charge >= 0.3 is 0 Å². The van der Waals surface area contributed by atoms with E-state index in [9.17, 15) is 9.59 Å². The van der Waals surface area contributed by atoms with Gasteiger partial charge in [-0.25, -0.2) is 0 Å². The minimum Gasteiger partial charge on any atom is -0.492 e. The third kappa shape index (κ3) is 5.10. The number of anilines is 1. The van der Waals surface area contributed by atoms with Crippen LogP contribution in [0.15, 0.2) is 24.3 Å². The molecule has 116 valence electrons. The summed E-state index contributed by atoms with van der Waals surface area (Å²) in [6, 6.07) is 7.41. The summed E-state index contributed by atoms with van der Waals surface area (Å²) in [6.07, 6.45) is 0. The van der Waals surface area contributed by atoms with E-state index in [-0.39, 0.29) is 17.7 Å². The van der Waals surface area contributed by atoms with E-state index in [1.165, 1.54) is 6.92 Å². The molecule has 0 spiro atoms. The average molecular weight is 292 g/mol. The number of ether oxygens (including phenoxy) is 1. The first kappa shape index (κ1) is 17.0. The number of carbonyl (C=O) groups is 2. The molecule has 0 saturated carbocycles. The van der Waals surface area contributed by atoms with E-state index < -0.39 is 0 Å². The lowest BCUT2D eigenvalue weighted by atomic mass is 10.2. The molecule has 0 unspecified atom stereocenters. The molecule has 0 radical (unpaired) electrons. The second-order valence-electron chi connectivity index (χ2n) is 5.02. The van der Waals surface area contributed by atoms with E-state index in [1.54, 1.807) is 4.90 Å². The Kier molecular flexibility index (Phi) is 6.72. The van der Waals surface area contributed by atoms with Gasteiger partial charge in [0.2, 0.25) is 11.8 Å². The summed E-state index contributed by atoms with van der Waals surface area (Å²) >= 11 is 0. The summed E-state index contributed by atoms with van der Waals surface area (Å²) in [5, 5.41) is 2.82. The molecule has 5 nitrogen and oxygen atoms in total. The fourth-order valence-electron chi connectivity index (χ4n) is 1.90. The molecule has 0 aliphatic rings. The zero-order valence-electron chi connectivity index (χ0n) is 13.2. The van der Waals surface area contributed by atoms with Gasteiger partial charge in [0.15, 0.2) is 0 Å². The minimum absolute atomic E-state index is 0.0170. The predicted octanol–water partition coefficient (Wildman–Crippen LogP) is 2.21. The van der Waals surface area contributed by atoms with Crippen LogP contribution in [0, 0.1) is 5.92 Å². The zero-order valence-corrected chi connectivity index (χ0v) is 13.2. The summed E-state index contributed by atoms with van der Waals surface area (Å²) in [4.78, 5) is 25.0. The van der Waals surface area contributed by atoms with Crippen molar-refractivity contribution in [3.63, 3.8) is 0 Å². The van der Waals surface area contributed by atoms with E-state index >= 15 is 0 Å². The van der Waals surface area contributed by atoms with E-state index in [0.29, 0.717) is 25.4 Å². The molecule has 1 aromatic rings.